The third-order valence-electron chi connectivity index (χ3n) is 4.44. The summed E-state index contributed by atoms with van der Waals surface area (Å²) in [5.74, 6) is -1.19. The van der Waals surface area contributed by atoms with Crippen molar-refractivity contribution in [1.29, 1.82) is 0 Å². The molecule has 0 amide bonds. The lowest BCUT2D eigenvalue weighted by Gasteiger charge is -2.11. The lowest BCUT2D eigenvalue weighted by molar-refractivity contribution is -0.254. The van der Waals surface area contributed by atoms with Gasteiger partial charge in [0.1, 0.15) is 0 Å². The maximum Gasteiger partial charge on any atom is 0.0722 e. The minimum Gasteiger partial charge on any atom is -0.545 e. The first-order valence-electron chi connectivity index (χ1n) is 8.45. The van der Waals surface area contributed by atoms with Crippen molar-refractivity contribution in [2.24, 2.45) is 0 Å². The van der Waals surface area contributed by atoms with Crippen molar-refractivity contribution in [2.45, 2.75) is 6.42 Å². The number of para-hydroxylation sites is 1. The van der Waals surface area contributed by atoms with Gasteiger partial charge in [-0.3, -0.25) is 0 Å². The number of aromatic nitrogens is 1. The van der Waals surface area contributed by atoms with Gasteiger partial charge in [-0.15, -0.1) is 0 Å². The number of carboxylic acid groups (broad SMARTS) is 1. The van der Waals surface area contributed by atoms with Crippen molar-refractivity contribution in [3.63, 3.8) is 0 Å². The molecule has 0 radical (unpaired) electrons. The first kappa shape index (κ1) is 16.0. The molecular formula is C23H16NO2-. The van der Waals surface area contributed by atoms with Gasteiger partial charge in [0.25, 0.3) is 0 Å². The van der Waals surface area contributed by atoms with Crippen LogP contribution in [0.25, 0.3) is 22.2 Å². The van der Waals surface area contributed by atoms with E-state index in [9.17, 15) is 9.90 Å². The zero-order chi connectivity index (χ0) is 17.9. The molecule has 4 aromatic rings. The van der Waals surface area contributed by atoms with Crippen LogP contribution in [-0.2, 0) is 6.42 Å². The van der Waals surface area contributed by atoms with Gasteiger partial charge in [0.2, 0.25) is 0 Å². The van der Waals surface area contributed by atoms with Gasteiger partial charge < -0.3 is 9.90 Å². The molecule has 0 saturated heterocycles. The van der Waals surface area contributed by atoms with Crippen molar-refractivity contribution in [1.82, 2.24) is 4.98 Å². The second kappa shape index (κ2) is 6.81. The number of aromatic carboxylic acids is 1. The van der Waals surface area contributed by atoms with Gasteiger partial charge in [-0.25, -0.2) is 4.98 Å². The first-order valence-corrected chi connectivity index (χ1v) is 8.45. The molecule has 0 aliphatic rings. The number of hydrogen-bond donors (Lipinski definition) is 0. The van der Waals surface area contributed by atoms with Crippen LogP contribution in [0.1, 0.15) is 21.5 Å². The third-order valence-corrected chi connectivity index (χ3v) is 4.44. The SMILES string of the molecule is O=C([O-])c1cc(-c2ccc(Cc3ccccc3)cc2)nc2ccccc12. The van der Waals surface area contributed by atoms with Gasteiger partial charge in [-0.2, -0.15) is 0 Å². The van der Waals surface area contributed by atoms with Crippen LogP contribution in [-0.4, -0.2) is 11.0 Å². The number of hydrogen-bond acceptors (Lipinski definition) is 3. The smallest absolute Gasteiger partial charge is 0.0722 e. The molecule has 0 saturated carbocycles. The summed E-state index contributed by atoms with van der Waals surface area (Å²) in [6.07, 6.45) is 0.858. The zero-order valence-corrected chi connectivity index (χ0v) is 14.1. The molecule has 126 valence electrons. The van der Waals surface area contributed by atoms with E-state index < -0.39 is 5.97 Å². The maximum atomic E-state index is 11.5. The van der Waals surface area contributed by atoms with E-state index in [4.69, 9.17) is 0 Å². The van der Waals surface area contributed by atoms with Crippen LogP contribution in [0.3, 0.4) is 0 Å². The van der Waals surface area contributed by atoms with Crippen LogP contribution in [0.4, 0.5) is 0 Å². The standard InChI is InChI=1S/C23H17NO2/c25-23(26)20-15-22(24-21-9-5-4-8-19(20)21)18-12-10-17(11-13-18)14-16-6-2-1-3-7-16/h1-13,15H,14H2,(H,25,26)/p-1. The Morgan fingerprint density at radius 1 is 0.808 bits per heavy atom. The highest BCUT2D eigenvalue weighted by Crippen LogP contribution is 2.25. The van der Waals surface area contributed by atoms with E-state index in [0.717, 1.165) is 12.0 Å². The molecule has 3 nitrogen and oxygen atoms in total. The highest BCUT2D eigenvalue weighted by atomic mass is 16.4. The summed E-state index contributed by atoms with van der Waals surface area (Å²) >= 11 is 0. The summed E-state index contributed by atoms with van der Waals surface area (Å²) in [5.41, 5.74) is 4.78. The average Bonchev–Trinajstić information content (AvgIpc) is 2.68. The predicted octanol–water partition coefficient (Wildman–Crippen LogP) is 3.86. The van der Waals surface area contributed by atoms with Crippen LogP contribution >= 0.6 is 0 Å². The Hall–Kier alpha value is -3.46. The lowest BCUT2D eigenvalue weighted by Crippen LogP contribution is -2.22. The van der Waals surface area contributed by atoms with Gasteiger partial charge in [0.15, 0.2) is 0 Å². The summed E-state index contributed by atoms with van der Waals surface area (Å²) in [7, 11) is 0. The van der Waals surface area contributed by atoms with E-state index in [1.807, 2.05) is 42.5 Å². The molecule has 1 aromatic heterocycles. The van der Waals surface area contributed by atoms with Crippen molar-refractivity contribution in [3.8, 4) is 11.3 Å². The highest BCUT2D eigenvalue weighted by molar-refractivity contribution is 6.02. The molecule has 0 fully saturated rings. The van der Waals surface area contributed by atoms with Crippen LogP contribution < -0.4 is 5.11 Å². The number of fused-ring (bicyclic) bond motifs is 1. The minimum absolute atomic E-state index is 0.166. The second-order valence-corrected chi connectivity index (χ2v) is 6.22. The number of pyridine rings is 1. The molecule has 0 unspecified atom stereocenters. The van der Waals surface area contributed by atoms with E-state index in [1.165, 1.54) is 11.1 Å². The molecular weight excluding hydrogens is 322 g/mol. The second-order valence-electron chi connectivity index (χ2n) is 6.22. The highest BCUT2D eigenvalue weighted by Gasteiger charge is 2.08. The largest absolute Gasteiger partial charge is 0.545 e. The van der Waals surface area contributed by atoms with Gasteiger partial charge in [-0.1, -0.05) is 72.8 Å². The van der Waals surface area contributed by atoms with Gasteiger partial charge in [-0.05, 0) is 29.7 Å². The minimum atomic E-state index is -1.19. The average molecular weight is 338 g/mol. The molecule has 0 spiro atoms. The van der Waals surface area contributed by atoms with Crippen molar-refractivity contribution in [2.75, 3.05) is 0 Å². The Balaban J connectivity index is 1.70. The number of nitrogens with zero attached hydrogens (tertiary/aromatic N) is 1. The van der Waals surface area contributed by atoms with Crippen LogP contribution in [0.5, 0.6) is 0 Å². The van der Waals surface area contributed by atoms with E-state index in [-0.39, 0.29) is 5.56 Å². The number of carboxylic acids is 1. The predicted molar refractivity (Wildman–Crippen MR) is 101 cm³/mol. The fourth-order valence-corrected chi connectivity index (χ4v) is 3.12. The van der Waals surface area contributed by atoms with E-state index in [1.54, 1.807) is 18.2 Å². The lowest BCUT2D eigenvalue weighted by atomic mass is 10.0. The Morgan fingerprint density at radius 2 is 1.46 bits per heavy atom. The number of carbonyl (C=O) groups excluding carboxylic acids is 1. The summed E-state index contributed by atoms with van der Waals surface area (Å²) < 4.78 is 0. The first-order chi connectivity index (χ1) is 12.7. The Morgan fingerprint density at radius 3 is 2.19 bits per heavy atom. The molecule has 0 aliphatic carbocycles. The number of benzene rings is 3. The summed E-state index contributed by atoms with van der Waals surface area (Å²) in [6.45, 7) is 0. The fourth-order valence-electron chi connectivity index (χ4n) is 3.12. The van der Waals surface area contributed by atoms with E-state index >= 15 is 0 Å². The Bertz CT molecular complexity index is 1070. The molecule has 26 heavy (non-hydrogen) atoms. The van der Waals surface area contributed by atoms with Crippen molar-refractivity contribution < 1.29 is 9.90 Å². The third kappa shape index (κ3) is 3.20. The molecule has 0 bridgehead atoms. The summed E-state index contributed by atoms with van der Waals surface area (Å²) in [4.78, 5) is 16.1. The van der Waals surface area contributed by atoms with Gasteiger partial charge in [0, 0.05) is 16.5 Å². The fraction of sp³-hybridized carbons (Fsp3) is 0.0435. The number of rotatable bonds is 4. The monoisotopic (exact) mass is 338 g/mol. The zero-order valence-electron chi connectivity index (χ0n) is 14.1. The van der Waals surface area contributed by atoms with Crippen molar-refractivity contribution >= 4 is 16.9 Å². The van der Waals surface area contributed by atoms with Crippen molar-refractivity contribution in [3.05, 3.63) is 102 Å². The summed E-state index contributed by atoms with van der Waals surface area (Å²) in [6, 6.07) is 27.1. The topological polar surface area (TPSA) is 53.0 Å². The Kier molecular flexibility index (Phi) is 4.20. The molecule has 3 aromatic carbocycles. The molecule has 0 atom stereocenters. The quantitative estimate of drug-likeness (QED) is 0.568. The van der Waals surface area contributed by atoms with Gasteiger partial charge in [0.05, 0.1) is 17.2 Å². The van der Waals surface area contributed by atoms with Crippen LogP contribution in [0.15, 0.2) is 84.9 Å². The van der Waals surface area contributed by atoms with E-state index in [2.05, 4.69) is 29.2 Å². The molecule has 4 rings (SSSR count). The maximum absolute atomic E-state index is 11.5. The van der Waals surface area contributed by atoms with Crippen LogP contribution in [0.2, 0.25) is 0 Å². The summed E-state index contributed by atoms with van der Waals surface area (Å²) in [5, 5.41) is 12.1. The van der Waals surface area contributed by atoms with Crippen LogP contribution in [0, 0.1) is 0 Å². The Labute approximate surface area is 151 Å². The molecule has 1 heterocycles. The molecule has 0 N–H and O–H groups in total. The number of carbonyl (C=O) groups is 1. The van der Waals surface area contributed by atoms with E-state index in [0.29, 0.717) is 16.6 Å². The normalized spacial score (nSPS) is 10.8. The van der Waals surface area contributed by atoms with Gasteiger partial charge >= 0.3 is 0 Å². The molecule has 0 aliphatic heterocycles. The molecule has 3 heteroatoms.